The van der Waals surface area contributed by atoms with E-state index in [1.807, 2.05) is 13.8 Å². The number of esters is 2. The molecule has 0 spiro atoms. The second kappa shape index (κ2) is 5.89. The molecule has 1 aromatic rings. The lowest BCUT2D eigenvalue weighted by Gasteiger charge is -1.99. The quantitative estimate of drug-likeness (QED) is 0.594. The van der Waals surface area contributed by atoms with Gasteiger partial charge in [-0.25, -0.2) is 9.59 Å². The van der Waals surface area contributed by atoms with Crippen LogP contribution in [-0.4, -0.2) is 25.7 Å². The Morgan fingerprint density at radius 3 is 2.35 bits per heavy atom. The Bertz CT molecular complexity index is 438. The maximum absolute atomic E-state index is 11.5. The van der Waals surface area contributed by atoms with Crippen LogP contribution in [0.15, 0.2) is 28.2 Å². The van der Waals surface area contributed by atoms with Gasteiger partial charge < -0.3 is 13.9 Å². The molecule has 0 atom stereocenters. The minimum atomic E-state index is -0.631. The highest BCUT2D eigenvalue weighted by atomic mass is 16.6. The van der Waals surface area contributed by atoms with Gasteiger partial charge in [0, 0.05) is 0 Å². The average Bonchev–Trinajstić information content (AvgIpc) is 2.76. The van der Waals surface area contributed by atoms with Crippen LogP contribution in [0.25, 0.3) is 0 Å². The second-order valence-corrected chi connectivity index (χ2v) is 3.54. The van der Waals surface area contributed by atoms with Crippen LogP contribution in [0.1, 0.15) is 35.0 Å². The van der Waals surface area contributed by atoms with Crippen LogP contribution in [0.5, 0.6) is 0 Å². The Morgan fingerprint density at radius 1 is 1.24 bits per heavy atom. The standard InChI is InChI=1S/C12H14O5/c1-8(2)6-7-16-12(14)10-5-4-9(17-10)11(13)15-3/h4-6H,7H2,1-3H3. The van der Waals surface area contributed by atoms with E-state index < -0.39 is 11.9 Å². The molecule has 0 bridgehead atoms. The smallest absolute Gasteiger partial charge is 0.374 e. The van der Waals surface area contributed by atoms with Crippen LogP contribution < -0.4 is 0 Å². The van der Waals surface area contributed by atoms with E-state index in [1.165, 1.54) is 19.2 Å². The van der Waals surface area contributed by atoms with Gasteiger partial charge in [0.15, 0.2) is 0 Å². The number of methoxy groups -OCH3 is 1. The lowest BCUT2D eigenvalue weighted by atomic mass is 10.3. The van der Waals surface area contributed by atoms with Crippen LogP contribution in [-0.2, 0) is 9.47 Å². The highest BCUT2D eigenvalue weighted by Gasteiger charge is 2.16. The van der Waals surface area contributed by atoms with E-state index in [-0.39, 0.29) is 18.1 Å². The van der Waals surface area contributed by atoms with E-state index in [1.54, 1.807) is 6.08 Å². The first-order chi connectivity index (χ1) is 8.04. The molecule has 5 nitrogen and oxygen atoms in total. The van der Waals surface area contributed by atoms with Gasteiger partial charge in [-0.3, -0.25) is 0 Å². The van der Waals surface area contributed by atoms with Gasteiger partial charge in [0.1, 0.15) is 6.61 Å². The molecule has 0 unspecified atom stereocenters. The zero-order chi connectivity index (χ0) is 12.8. The van der Waals surface area contributed by atoms with Crippen molar-refractivity contribution in [3.8, 4) is 0 Å². The molecular formula is C12H14O5. The molecule has 0 aromatic carbocycles. The topological polar surface area (TPSA) is 65.7 Å². The Kier molecular flexibility index (Phi) is 4.51. The van der Waals surface area contributed by atoms with Gasteiger partial charge in [-0.15, -0.1) is 0 Å². The normalized spacial score (nSPS) is 9.59. The zero-order valence-electron chi connectivity index (χ0n) is 9.98. The number of carbonyl (C=O) groups is 2. The van der Waals surface area contributed by atoms with Crippen LogP contribution in [0, 0.1) is 0 Å². The van der Waals surface area contributed by atoms with Gasteiger partial charge >= 0.3 is 11.9 Å². The summed E-state index contributed by atoms with van der Waals surface area (Å²) < 4.78 is 14.3. The fraction of sp³-hybridized carbons (Fsp3) is 0.333. The number of rotatable bonds is 4. The molecule has 0 aliphatic carbocycles. The maximum atomic E-state index is 11.5. The van der Waals surface area contributed by atoms with Crippen molar-refractivity contribution in [2.24, 2.45) is 0 Å². The van der Waals surface area contributed by atoms with Gasteiger partial charge in [0.25, 0.3) is 0 Å². The Labute approximate surface area is 99.0 Å². The van der Waals surface area contributed by atoms with Gasteiger partial charge in [-0.05, 0) is 32.1 Å². The Balaban J connectivity index is 2.61. The summed E-state index contributed by atoms with van der Waals surface area (Å²) in [5.74, 6) is -1.29. The van der Waals surface area contributed by atoms with E-state index in [2.05, 4.69) is 4.74 Å². The first-order valence-electron chi connectivity index (χ1n) is 5.03. The Morgan fingerprint density at radius 2 is 1.82 bits per heavy atom. The van der Waals surface area contributed by atoms with Gasteiger partial charge in [-0.2, -0.15) is 0 Å². The molecule has 92 valence electrons. The molecule has 17 heavy (non-hydrogen) atoms. The second-order valence-electron chi connectivity index (χ2n) is 3.54. The van der Waals surface area contributed by atoms with Crippen molar-refractivity contribution < 1.29 is 23.5 Å². The van der Waals surface area contributed by atoms with Crippen molar-refractivity contribution >= 4 is 11.9 Å². The lowest BCUT2D eigenvalue weighted by Crippen LogP contribution is -2.04. The maximum Gasteiger partial charge on any atom is 0.374 e. The SMILES string of the molecule is COC(=O)c1ccc(C(=O)OCC=C(C)C)o1. The van der Waals surface area contributed by atoms with Crippen LogP contribution in [0.4, 0.5) is 0 Å². The summed E-state index contributed by atoms with van der Waals surface area (Å²) >= 11 is 0. The monoisotopic (exact) mass is 238 g/mol. The largest absolute Gasteiger partial charge is 0.463 e. The molecule has 0 N–H and O–H groups in total. The molecule has 1 rings (SSSR count). The molecular weight excluding hydrogens is 224 g/mol. The number of hydrogen-bond donors (Lipinski definition) is 0. The number of carbonyl (C=O) groups excluding carboxylic acids is 2. The van der Waals surface area contributed by atoms with Crippen molar-refractivity contribution in [3.05, 3.63) is 35.3 Å². The fourth-order valence-electron chi connectivity index (χ4n) is 1.01. The van der Waals surface area contributed by atoms with E-state index >= 15 is 0 Å². The van der Waals surface area contributed by atoms with E-state index in [4.69, 9.17) is 9.15 Å². The summed E-state index contributed by atoms with van der Waals surface area (Å²) in [6, 6.07) is 2.74. The molecule has 0 radical (unpaired) electrons. The third-order valence-electron chi connectivity index (χ3n) is 1.90. The van der Waals surface area contributed by atoms with Crippen molar-refractivity contribution in [3.63, 3.8) is 0 Å². The predicted octanol–water partition coefficient (Wildman–Crippen LogP) is 2.19. The molecule has 0 aliphatic rings. The molecule has 0 aliphatic heterocycles. The molecule has 0 saturated heterocycles. The summed E-state index contributed by atoms with van der Waals surface area (Å²) in [4.78, 5) is 22.5. The van der Waals surface area contributed by atoms with E-state index in [9.17, 15) is 9.59 Å². The summed E-state index contributed by atoms with van der Waals surface area (Å²) in [5, 5.41) is 0. The van der Waals surface area contributed by atoms with E-state index in [0.29, 0.717) is 0 Å². The van der Waals surface area contributed by atoms with Crippen molar-refractivity contribution in [1.29, 1.82) is 0 Å². The van der Waals surface area contributed by atoms with Crippen LogP contribution in [0.2, 0.25) is 0 Å². The van der Waals surface area contributed by atoms with Gasteiger partial charge in [0.05, 0.1) is 7.11 Å². The van der Waals surface area contributed by atoms with Crippen LogP contribution >= 0.6 is 0 Å². The number of allylic oxidation sites excluding steroid dienone is 1. The first-order valence-corrected chi connectivity index (χ1v) is 5.03. The summed E-state index contributed by atoms with van der Waals surface area (Å²) in [6.45, 7) is 3.97. The lowest BCUT2D eigenvalue weighted by molar-refractivity contribution is 0.0496. The predicted molar refractivity (Wildman–Crippen MR) is 59.8 cm³/mol. The van der Waals surface area contributed by atoms with Crippen molar-refractivity contribution in [2.45, 2.75) is 13.8 Å². The highest BCUT2D eigenvalue weighted by molar-refractivity contribution is 5.90. The van der Waals surface area contributed by atoms with Crippen LogP contribution in [0.3, 0.4) is 0 Å². The third kappa shape index (κ3) is 3.79. The minimum Gasteiger partial charge on any atom is -0.463 e. The molecule has 1 aromatic heterocycles. The third-order valence-corrected chi connectivity index (χ3v) is 1.90. The summed E-state index contributed by atoms with van der Waals surface area (Å²) in [6.07, 6.45) is 1.77. The number of furan rings is 1. The van der Waals surface area contributed by atoms with Crippen molar-refractivity contribution in [1.82, 2.24) is 0 Å². The molecule has 0 saturated carbocycles. The molecule has 0 fully saturated rings. The molecule has 5 heteroatoms. The summed E-state index contributed by atoms with van der Waals surface area (Å²) in [5.41, 5.74) is 1.05. The van der Waals surface area contributed by atoms with E-state index in [0.717, 1.165) is 5.57 Å². The van der Waals surface area contributed by atoms with Gasteiger partial charge in [0.2, 0.25) is 11.5 Å². The summed E-state index contributed by atoms with van der Waals surface area (Å²) in [7, 11) is 1.23. The number of ether oxygens (including phenoxy) is 2. The van der Waals surface area contributed by atoms with Crippen molar-refractivity contribution in [2.75, 3.05) is 13.7 Å². The molecule has 1 heterocycles. The molecule has 0 amide bonds. The average molecular weight is 238 g/mol. The fourth-order valence-corrected chi connectivity index (χ4v) is 1.01. The first kappa shape index (κ1) is 13.0. The highest BCUT2D eigenvalue weighted by Crippen LogP contribution is 2.10. The Hall–Kier alpha value is -2.04. The minimum absolute atomic E-state index is 0.0208. The number of hydrogen-bond acceptors (Lipinski definition) is 5. The van der Waals surface area contributed by atoms with Gasteiger partial charge in [-0.1, -0.05) is 5.57 Å². The zero-order valence-corrected chi connectivity index (χ0v) is 9.98.